The molecule has 9 rings (SSSR count). The third-order valence-corrected chi connectivity index (χ3v) is 8.83. The Morgan fingerprint density at radius 1 is 0.465 bits per heavy atom. The van der Waals surface area contributed by atoms with Crippen LogP contribution in [0.3, 0.4) is 0 Å². The van der Waals surface area contributed by atoms with Gasteiger partial charge in [-0.3, -0.25) is 0 Å². The van der Waals surface area contributed by atoms with Gasteiger partial charge in [-0.25, -0.2) is 4.99 Å². The summed E-state index contributed by atoms with van der Waals surface area (Å²) in [6.07, 6.45) is -0.209. The minimum Gasteiger partial charge on any atom is -0.358 e. The fraction of sp³-hybridized carbons (Fsp3) is 0.0250. The van der Waals surface area contributed by atoms with Crippen LogP contribution >= 0.6 is 0 Å². The highest BCUT2D eigenvalue weighted by atomic mass is 15.2. The molecule has 0 amide bonds. The molecule has 0 spiro atoms. The zero-order valence-electron chi connectivity index (χ0n) is 23.4. The van der Waals surface area contributed by atoms with Crippen LogP contribution in [-0.4, -0.2) is 10.3 Å². The van der Waals surface area contributed by atoms with E-state index in [0.29, 0.717) is 0 Å². The maximum Gasteiger partial charge on any atom is 0.148 e. The minimum absolute atomic E-state index is 0.209. The Morgan fingerprint density at radius 3 is 1.67 bits per heavy atom. The standard InChI is InChI=1S/C40H27N3/c1-2-10-26(11-3-1)27-18-20-30(21-19-27)39-40(42-34-17-9-8-16-33(34)41-39)43-35-24-22-28-12-4-6-14-31(28)37(35)38-32-15-7-5-13-29(32)23-25-36(38)43/h1-25,40,42H. The van der Waals surface area contributed by atoms with Crippen LogP contribution in [-0.2, 0) is 0 Å². The number of anilines is 1. The lowest BCUT2D eigenvalue weighted by atomic mass is 9.99. The molecular formula is C40H27N3. The molecule has 3 heteroatoms. The Bertz CT molecular complexity index is 2270. The van der Waals surface area contributed by atoms with E-state index in [9.17, 15) is 0 Å². The monoisotopic (exact) mass is 549 g/mol. The lowest BCUT2D eigenvalue weighted by molar-refractivity contribution is 0.759. The Morgan fingerprint density at radius 2 is 1.00 bits per heavy atom. The first-order valence-electron chi connectivity index (χ1n) is 14.8. The van der Waals surface area contributed by atoms with Crippen LogP contribution in [0.2, 0.25) is 0 Å². The van der Waals surface area contributed by atoms with E-state index in [0.717, 1.165) is 22.6 Å². The Balaban J connectivity index is 1.33. The lowest BCUT2D eigenvalue weighted by Gasteiger charge is -2.30. The van der Waals surface area contributed by atoms with Gasteiger partial charge in [0.2, 0.25) is 0 Å². The van der Waals surface area contributed by atoms with Gasteiger partial charge in [-0.2, -0.15) is 0 Å². The van der Waals surface area contributed by atoms with Crippen molar-refractivity contribution < 1.29 is 0 Å². The van der Waals surface area contributed by atoms with Crippen molar-refractivity contribution in [2.24, 2.45) is 4.99 Å². The first-order valence-corrected chi connectivity index (χ1v) is 14.8. The van der Waals surface area contributed by atoms with Crippen LogP contribution in [0.15, 0.2) is 157 Å². The second kappa shape index (κ2) is 9.43. The molecule has 3 nitrogen and oxygen atoms in total. The van der Waals surface area contributed by atoms with E-state index < -0.39 is 0 Å². The number of aromatic nitrogens is 1. The maximum atomic E-state index is 5.33. The number of hydrogen-bond donors (Lipinski definition) is 1. The van der Waals surface area contributed by atoms with Gasteiger partial charge in [-0.15, -0.1) is 0 Å². The van der Waals surface area contributed by atoms with Gasteiger partial charge >= 0.3 is 0 Å². The van der Waals surface area contributed by atoms with Crippen molar-refractivity contribution in [1.29, 1.82) is 0 Å². The van der Waals surface area contributed by atoms with Gasteiger partial charge in [0.05, 0.1) is 28.1 Å². The summed E-state index contributed by atoms with van der Waals surface area (Å²) in [4.78, 5) is 5.33. The van der Waals surface area contributed by atoms with Crippen molar-refractivity contribution >= 4 is 60.4 Å². The second-order valence-electron chi connectivity index (χ2n) is 11.2. The van der Waals surface area contributed by atoms with Crippen molar-refractivity contribution in [3.8, 4) is 11.1 Å². The van der Waals surface area contributed by atoms with E-state index in [1.54, 1.807) is 0 Å². The van der Waals surface area contributed by atoms with E-state index in [2.05, 4.69) is 162 Å². The molecule has 1 aromatic heterocycles. The number of aliphatic imine (C=N–C) groups is 1. The number of rotatable bonds is 3. The molecule has 1 aliphatic heterocycles. The zero-order valence-corrected chi connectivity index (χ0v) is 23.4. The van der Waals surface area contributed by atoms with Gasteiger partial charge in [-0.05, 0) is 56.9 Å². The molecule has 202 valence electrons. The SMILES string of the molecule is c1ccc(-c2ccc(C3=Nc4ccccc4NC3n3c4ccc5ccccc5c4c4c5ccccc5ccc43)cc2)cc1. The van der Waals surface area contributed by atoms with Crippen LogP contribution in [0.5, 0.6) is 0 Å². The largest absolute Gasteiger partial charge is 0.358 e. The van der Waals surface area contributed by atoms with Gasteiger partial charge in [-0.1, -0.05) is 127 Å². The smallest absolute Gasteiger partial charge is 0.148 e. The molecule has 2 heterocycles. The number of nitrogens with zero attached hydrogens (tertiary/aromatic N) is 2. The summed E-state index contributed by atoms with van der Waals surface area (Å²) in [5, 5.41) is 11.5. The molecule has 7 aromatic carbocycles. The molecule has 0 fully saturated rings. The van der Waals surface area contributed by atoms with Crippen molar-refractivity contribution in [2.45, 2.75) is 6.17 Å². The average Bonchev–Trinajstić information content (AvgIpc) is 3.43. The Hall–Kier alpha value is -5.67. The number of nitrogens with one attached hydrogen (secondary N) is 1. The zero-order chi connectivity index (χ0) is 28.3. The summed E-state index contributed by atoms with van der Waals surface area (Å²) in [5.41, 5.74) is 8.88. The molecule has 1 aliphatic rings. The topological polar surface area (TPSA) is 29.3 Å². The second-order valence-corrected chi connectivity index (χ2v) is 11.2. The first kappa shape index (κ1) is 24.0. The molecule has 43 heavy (non-hydrogen) atoms. The lowest BCUT2D eigenvalue weighted by Crippen LogP contribution is -2.30. The third kappa shape index (κ3) is 3.72. The molecule has 0 aliphatic carbocycles. The van der Waals surface area contributed by atoms with Crippen LogP contribution in [0.4, 0.5) is 11.4 Å². The van der Waals surface area contributed by atoms with Gasteiger partial charge in [0.25, 0.3) is 0 Å². The normalized spacial score (nSPS) is 14.6. The molecule has 8 aromatic rings. The van der Waals surface area contributed by atoms with E-state index in [1.807, 2.05) is 0 Å². The van der Waals surface area contributed by atoms with E-state index in [4.69, 9.17) is 4.99 Å². The van der Waals surface area contributed by atoms with Gasteiger partial charge in [0.15, 0.2) is 0 Å². The third-order valence-electron chi connectivity index (χ3n) is 8.83. The van der Waals surface area contributed by atoms with Crippen molar-refractivity contribution in [3.05, 3.63) is 157 Å². The van der Waals surface area contributed by atoms with Crippen LogP contribution in [0, 0.1) is 0 Å². The van der Waals surface area contributed by atoms with Crippen molar-refractivity contribution in [1.82, 2.24) is 4.57 Å². The molecule has 0 radical (unpaired) electrons. The van der Waals surface area contributed by atoms with Crippen molar-refractivity contribution in [2.75, 3.05) is 5.32 Å². The highest BCUT2D eigenvalue weighted by molar-refractivity contribution is 6.28. The fourth-order valence-electron chi connectivity index (χ4n) is 6.83. The van der Waals surface area contributed by atoms with Crippen LogP contribution < -0.4 is 5.32 Å². The average molecular weight is 550 g/mol. The Labute approximate surface area is 249 Å². The molecule has 0 saturated heterocycles. The fourth-order valence-corrected chi connectivity index (χ4v) is 6.83. The highest BCUT2D eigenvalue weighted by Crippen LogP contribution is 2.43. The molecule has 1 unspecified atom stereocenters. The van der Waals surface area contributed by atoms with E-state index in [-0.39, 0.29) is 6.17 Å². The van der Waals surface area contributed by atoms with Gasteiger partial charge in [0.1, 0.15) is 6.17 Å². The summed E-state index contributed by atoms with van der Waals surface area (Å²) in [6.45, 7) is 0. The summed E-state index contributed by atoms with van der Waals surface area (Å²) in [6, 6.07) is 54.2. The number of para-hydroxylation sites is 2. The van der Waals surface area contributed by atoms with Crippen molar-refractivity contribution in [3.63, 3.8) is 0 Å². The van der Waals surface area contributed by atoms with Crippen LogP contribution in [0.25, 0.3) is 54.5 Å². The minimum atomic E-state index is -0.209. The summed E-state index contributed by atoms with van der Waals surface area (Å²) < 4.78 is 2.46. The highest BCUT2D eigenvalue weighted by Gasteiger charge is 2.29. The number of benzene rings is 7. The summed E-state index contributed by atoms with van der Waals surface area (Å²) >= 11 is 0. The van der Waals surface area contributed by atoms with Crippen LogP contribution in [0.1, 0.15) is 11.7 Å². The predicted octanol–water partition coefficient (Wildman–Crippen LogP) is 10.5. The maximum absolute atomic E-state index is 5.33. The molecular weight excluding hydrogens is 522 g/mol. The molecule has 1 N–H and O–H groups in total. The first-order chi connectivity index (χ1) is 21.3. The summed E-state index contributed by atoms with van der Waals surface area (Å²) in [5.74, 6) is 0. The predicted molar refractivity (Wildman–Crippen MR) is 182 cm³/mol. The Kier molecular flexibility index (Phi) is 5.26. The number of hydrogen-bond acceptors (Lipinski definition) is 2. The quantitative estimate of drug-likeness (QED) is 0.233. The molecule has 1 atom stereocenters. The van der Waals surface area contributed by atoms with E-state index >= 15 is 0 Å². The molecule has 0 bridgehead atoms. The van der Waals surface area contributed by atoms with Gasteiger partial charge in [0, 0.05) is 16.3 Å². The van der Waals surface area contributed by atoms with E-state index in [1.165, 1.54) is 54.5 Å². The molecule has 0 saturated carbocycles. The number of fused-ring (bicyclic) bond motifs is 8. The van der Waals surface area contributed by atoms with Gasteiger partial charge < -0.3 is 9.88 Å². The summed E-state index contributed by atoms with van der Waals surface area (Å²) in [7, 11) is 0.